The Hall–Kier alpha value is -1.92. The average Bonchev–Trinajstić information content (AvgIpc) is 2.61. The Morgan fingerprint density at radius 1 is 1.32 bits per heavy atom. The molecule has 25 heavy (non-hydrogen) atoms. The molecule has 0 aromatic heterocycles. The molecule has 2 heterocycles. The zero-order valence-electron chi connectivity index (χ0n) is 15.2. The summed E-state index contributed by atoms with van der Waals surface area (Å²) in [6, 6.07) is 8.03. The van der Waals surface area contributed by atoms with Crippen molar-refractivity contribution in [1.82, 2.24) is 20.0 Å². The lowest BCUT2D eigenvalue weighted by Gasteiger charge is -2.41. The minimum absolute atomic E-state index is 0.0767. The van der Waals surface area contributed by atoms with Crippen molar-refractivity contribution >= 4 is 11.8 Å². The minimum Gasteiger partial charge on any atom is -0.337 e. The maximum Gasteiger partial charge on any atom is 0.253 e. The molecule has 1 aromatic rings. The number of rotatable bonds is 4. The third-order valence-corrected chi connectivity index (χ3v) is 4.92. The third-order valence-electron chi connectivity index (χ3n) is 4.92. The second kappa shape index (κ2) is 7.97. The van der Waals surface area contributed by atoms with Crippen molar-refractivity contribution in [3.63, 3.8) is 0 Å². The quantitative estimate of drug-likeness (QED) is 0.877. The number of nitrogens with one attached hydrogen (secondary N) is 1. The fourth-order valence-corrected chi connectivity index (χ4v) is 3.75. The molecule has 0 aliphatic carbocycles. The van der Waals surface area contributed by atoms with Gasteiger partial charge in [0.1, 0.15) is 0 Å². The number of carbonyl (C=O) groups is 2. The van der Waals surface area contributed by atoms with Crippen LogP contribution in [0.3, 0.4) is 0 Å². The summed E-state index contributed by atoms with van der Waals surface area (Å²) in [5.74, 6) is 0.228. The van der Waals surface area contributed by atoms with Crippen LogP contribution in [0.4, 0.5) is 0 Å². The molecule has 6 heteroatoms. The van der Waals surface area contributed by atoms with E-state index in [1.54, 1.807) is 0 Å². The van der Waals surface area contributed by atoms with Gasteiger partial charge in [-0.1, -0.05) is 12.1 Å². The molecule has 1 aromatic carbocycles. The molecule has 2 aliphatic heterocycles. The van der Waals surface area contributed by atoms with E-state index in [2.05, 4.69) is 16.3 Å². The fourth-order valence-electron chi connectivity index (χ4n) is 3.75. The van der Waals surface area contributed by atoms with E-state index in [9.17, 15) is 9.59 Å². The van der Waals surface area contributed by atoms with Gasteiger partial charge in [0.15, 0.2) is 0 Å². The van der Waals surface area contributed by atoms with E-state index < -0.39 is 0 Å². The number of benzene rings is 1. The summed E-state index contributed by atoms with van der Waals surface area (Å²) in [6.45, 7) is 4.22. The van der Waals surface area contributed by atoms with Crippen LogP contribution in [0, 0.1) is 0 Å². The monoisotopic (exact) mass is 344 g/mol. The number of piperidine rings is 1. The van der Waals surface area contributed by atoms with Gasteiger partial charge >= 0.3 is 0 Å². The zero-order valence-corrected chi connectivity index (χ0v) is 15.2. The molecule has 2 saturated heterocycles. The van der Waals surface area contributed by atoms with Crippen LogP contribution < -0.4 is 5.32 Å². The van der Waals surface area contributed by atoms with E-state index >= 15 is 0 Å². The first-order chi connectivity index (χ1) is 12.0. The maximum absolute atomic E-state index is 12.9. The second-order valence-corrected chi connectivity index (χ2v) is 7.25. The predicted molar refractivity (Wildman–Crippen MR) is 97.3 cm³/mol. The van der Waals surface area contributed by atoms with Gasteiger partial charge in [0.2, 0.25) is 5.91 Å². The van der Waals surface area contributed by atoms with Crippen LogP contribution in [-0.2, 0) is 11.3 Å². The molecule has 2 fully saturated rings. The first-order valence-corrected chi connectivity index (χ1v) is 9.08. The van der Waals surface area contributed by atoms with Crippen LogP contribution in [-0.4, -0.2) is 79.4 Å². The molecule has 2 aliphatic rings. The largest absolute Gasteiger partial charge is 0.337 e. The standard InChI is InChI=1S/C19H28N4O2/c1-21(2)13-15-5-3-6-16(11-15)19(25)22-9-4-7-17(14-22)23-10-8-20-12-18(23)24/h3,5-6,11,17,20H,4,7-10,12-14H2,1-2H3. The van der Waals surface area contributed by atoms with E-state index in [-0.39, 0.29) is 17.9 Å². The van der Waals surface area contributed by atoms with Gasteiger partial charge in [-0.25, -0.2) is 0 Å². The Morgan fingerprint density at radius 3 is 2.92 bits per heavy atom. The van der Waals surface area contributed by atoms with Crippen molar-refractivity contribution in [2.45, 2.75) is 25.4 Å². The van der Waals surface area contributed by atoms with Gasteiger partial charge in [-0.05, 0) is 44.6 Å². The van der Waals surface area contributed by atoms with Gasteiger partial charge in [-0.3, -0.25) is 9.59 Å². The van der Waals surface area contributed by atoms with Crippen LogP contribution in [0.2, 0.25) is 0 Å². The van der Waals surface area contributed by atoms with Crippen LogP contribution in [0.15, 0.2) is 24.3 Å². The molecule has 136 valence electrons. The van der Waals surface area contributed by atoms with E-state index in [1.165, 1.54) is 0 Å². The average molecular weight is 344 g/mol. The van der Waals surface area contributed by atoms with Gasteiger partial charge in [0.25, 0.3) is 5.91 Å². The van der Waals surface area contributed by atoms with Gasteiger partial charge in [-0.2, -0.15) is 0 Å². The summed E-state index contributed by atoms with van der Waals surface area (Å²) in [6.07, 6.45) is 1.93. The molecule has 6 nitrogen and oxygen atoms in total. The SMILES string of the molecule is CN(C)Cc1cccc(C(=O)N2CCCC(N3CCNCC3=O)C2)c1. The third kappa shape index (κ3) is 4.38. The number of piperazine rings is 1. The molecule has 1 unspecified atom stereocenters. The topological polar surface area (TPSA) is 55.9 Å². The Kier molecular flexibility index (Phi) is 5.71. The first-order valence-electron chi connectivity index (χ1n) is 9.08. The normalized spacial score (nSPS) is 21.7. The highest BCUT2D eigenvalue weighted by atomic mass is 16.2. The van der Waals surface area contributed by atoms with Crippen molar-refractivity contribution in [3.8, 4) is 0 Å². The molecule has 2 amide bonds. The summed E-state index contributed by atoms with van der Waals surface area (Å²) in [7, 11) is 4.04. The Labute approximate surface area is 149 Å². The zero-order chi connectivity index (χ0) is 17.8. The first kappa shape index (κ1) is 17.9. The van der Waals surface area contributed by atoms with E-state index in [0.717, 1.165) is 50.1 Å². The molecule has 1 N–H and O–H groups in total. The molecule has 0 bridgehead atoms. The maximum atomic E-state index is 12.9. The summed E-state index contributed by atoms with van der Waals surface area (Å²) >= 11 is 0. The number of hydrogen-bond acceptors (Lipinski definition) is 4. The van der Waals surface area contributed by atoms with Crippen molar-refractivity contribution in [2.24, 2.45) is 0 Å². The highest BCUT2D eigenvalue weighted by Gasteiger charge is 2.31. The van der Waals surface area contributed by atoms with Crippen molar-refractivity contribution < 1.29 is 9.59 Å². The predicted octanol–water partition coefficient (Wildman–Crippen LogP) is 0.785. The Morgan fingerprint density at radius 2 is 2.16 bits per heavy atom. The number of nitrogens with zero attached hydrogens (tertiary/aromatic N) is 3. The summed E-state index contributed by atoms with van der Waals surface area (Å²) in [5.41, 5.74) is 1.88. The highest BCUT2D eigenvalue weighted by molar-refractivity contribution is 5.94. The number of hydrogen-bond donors (Lipinski definition) is 1. The van der Waals surface area contributed by atoms with E-state index in [1.807, 2.05) is 42.1 Å². The molecular weight excluding hydrogens is 316 g/mol. The summed E-state index contributed by atoms with van der Waals surface area (Å²) in [5, 5.41) is 3.11. The lowest BCUT2D eigenvalue weighted by molar-refractivity contribution is -0.135. The molecule has 0 saturated carbocycles. The van der Waals surface area contributed by atoms with Crippen molar-refractivity contribution in [3.05, 3.63) is 35.4 Å². The van der Waals surface area contributed by atoms with Crippen molar-refractivity contribution in [1.29, 1.82) is 0 Å². The van der Waals surface area contributed by atoms with Gasteiger partial charge in [0.05, 0.1) is 6.54 Å². The molecule has 0 radical (unpaired) electrons. The van der Waals surface area contributed by atoms with E-state index in [4.69, 9.17) is 0 Å². The number of carbonyl (C=O) groups excluding carboxylic acids is 2. The lowest BCUT2D eigenvalue weighted by atomic mass is 10.0. The summed E-state index contributed by atoms with van der Waals surface area (Å²) in [4.78, 5) is 31.1. The molecule has 1 atom stereocenters. The Bertz CT molecular complexity index is 632. The van der Waals surface area contributed by atoms with Gasteiger partial charge in [0, 0.05) is 44.3 Å². The molecule has 3 rings (SSSR count). The van der Waals surface area contributed by atoms with Crippen LogP contribution in [0.25, 0.3) is 0 Å². The van der Waals surface area contributed by atoms with Crippen molar-refractivity contribution in [2.75, 3.05) is 46.8 Å². The van der Waals surface area contributed by atoms with Gasteiger partial charge < -0.3 is 20.0 Å². The summed E-state index contributed by atoms with van der Waals surface area (Å²) < 4.78 is 0. The molecular formula is C19H28N4O2. The lowest BCUT2D eigenvalue weighted by Crippen LogP contribution is -2.57. The van der Waals surface area contributed by atoms with Crippen LogP contribution in [0.1, 0.15) is 28.8 Å². The van der Waals surface area contributed by atoms with Gasteiger partial charge in [-0.15, -0.1) is 0 Å². The number of amides is 2. The smallest absolute Gasteiger partial charge is 0.253 e. The Balaban J connectivity index is 1.68. The fraction of sp³-hybridized carbons (Fsp3) is 0.579. The number of likely N-dealkylation sites (tertiary alicyclic amines) is 1. The molecule has 0 spiro atoms. The van der Waals surface area contributed by atoms with Crippen LogP contribution >= 0.6 is 0 Å². The second-order valence-electron chi connectivity index (χ2n) is 7.25. The van der Waals surface area contributed by atoms with E-state index in [0.29, 0.717) is 13.1 Å². The highest BCUT2D eigenvalue weighted by Crippen LogP contribution is 2.19. The minimum atomic E-state index is 0.0767. The van der Waals surface area contributed by atoms with Crippen LogP contribution in [0.5, 0.6) is 0 Å².